The highest BCUT2D eigenvalue weighted by Crippen LogP contribution is 2.25. The van der Waals surface area contributed by atoms with Crippen molar-refractivity contribution in [3.05, 3.63) is 33.9 Å². The van der Waals surface area contributed by atoms with Gasteiger partial charge in [-0.2, -0.15) is 0 Å². The molecule has 88 valence electrons. The van der Waals surface area contributed by atoms with Crippen molar-refractivity contribution < 1.29 is 15.1 Å². The van der Waals surface area contributed by atoms with Crippen LogP contribution in [0.3, 0.4) is 0 Å². The van der Waals surface area contributed by atoms with Gasteiger partial charge in [-0.25, -0.2) is 0 Å². The molecule has 6 nitrogen and oxygen atoms in total. The largest absolute Gasteiger partial charge is 0.392 e. The summed E-state index contributed by atoms with van der Waals surface area (Å²) in [5.41, 5.74) is 0.814. The number of nitro groups is 1. The second-order valence-electron chi connectivity index (χ2n) is 3.50. The van der Waals surface area contributed by atoms with Crippen LogP contribution >= 0.6 is 0 Å². The van der Waals surface area contributed by atoms with Gasteiger partial charge in [0.1, 0.15) is 5.69 Å². The molecule has 0 spiro atoms. The topological polar surface area (TPSA) is 95.6 Å². The van der Waals surface area contributed by atoms with E-state index in [0.29, 0.717) is 11.3 Å². The molecule has 1 aromatic carbocycles. The second-order valence-corrected chi connectivity index (χ2v) is 3.50. The first-order valence-corrected chi connectivity index (χ1v) is 4.84. The third-order valence-corrected chi connectivity index (χ3v) is 2.03. The molecule has 0 amide bonds. The summed E-state index contributed by atoms with van der Waals surface area (Å²) in [4.78, 5) is 10.2. The van der Waals surface area contributed by atoms with Gasteiger partial charge in [-0.15, -0.1) is 0 Å². The number of benzene rings is 1. The summed E-state index contributed by atoms with van der Waals surface area (Å²) in [5.74, 6) is 0. The van der Waals surface area contributed by atoms with Gasteiger partial charge < -0.3 is 15.5 Å². The molecule has 0 saturated heterocycles. The average molecular weight is 226 g/mol. The van der Waals surface area contributed by atoms with Gasteiger partial charge in [-0.3, -0.25) is 10.1 Å². The molecule has 0 radical (unpaired) electrons. The number of nitro benzene ring substituents is 1. The first-order valence-electron chi connectivity index (χ1n) is 4.84. The Labute approximate surface area is 92.7 Å². The van der Waals surface area contributed by atoms with Crippen LogP contribution in [0.4, 0.5) is 11.4 Å². The number of aliphatic hydroxyl groups is 2. The molecule has 0 aliphatic carbocycles. The highest BCUT2D eigenvalue weighted by Gasteiger charge is 2.13. The molecule has 0 saturated carbocycles. The van der Waals surface area contributed by atoms with E-state index in [1.807, 2.05) is 0 Å². The number of hydrogen-bond acceptors (Lipinski definition) is 5. The van der Waals surface area contributed by atoms with Crippen molar-refractivity contribution >= 4 is 11.4 Å². The van der Waals surface area contributed by atoms with E-state index in [1.165, 1.54) is 18.2 Å². The maximum Gasteiger partial charge on any atom is 0.292 e. The van der Waals surface area contributed by atoms with Crippen LogP contribution in [0.25, 0.3) is 0 Å². The van der Waals surface area contributed by atoms with Gasteiger partial charge in [-0.1, -0.05) is 0 Å². The highest BCUT2D eigenvalue weighted by atomic mass is 16.6. The summed E-state index contributed by atoms with van der Waals surface area (Å²) in [5, 5.41) is 31.5. The zero-order valence-corrected chi connectivity index (χ0v) is 8.88. The van der Waals surface area contributed by atoms with Crippen LogP contribution in [0.1, 0.15) is 12.5 Å². The van der Waals surface area contributed by atoms with E-state index in [0.717, 1.165) is 0 Å². The number of anilines is 1. The molecule has 0 aromatic heterocycles. The molecule has 0 bridgehead atoms. The molecule has 1 aromatic rings. The maximum absolute atomic E-state index is 10.7. The van der Waals surface area contributed by atoms with Crippen LogP contribution in [-0.2, 0) is 6.61 Å². The summed E-state index contributed by atoms with van der Waals surface area (Å²) in [6.07, 6.45) is -0.600. The predicted molar refractivity (Wildman–Crippen MR) is 59.2 cm³/mol. The van der Waals surface area contributed by atoms with Crippen LogP contribution in [-0.4, -0.2) is 27.8 Å². The molecule has 6 heteroatoms. The number of nitrogens with zero attached hydrogens (tertiary/aromatic N) is 1. The molecule has 0 heterocycles. The Hall–Kier alpha value is -1.66. The molecule has 0 fully saturated rings. The number of nitrogens with one attached hydrogen (secondary N) is 1. The monoisotopic (exact) mass is 226 g/mol. The van der Waals surface area contributed by atoms with Crippen molar-refractivity contribution in [2.45, 2.75) is 19.6 Å². The van der Waals surface area contributed by atoms with E-state index in [9.17, 15) is 10.1 Å². The van der Waals surface area contributed by atoms with Crippen LogP contribution in [0.2, 0.25) is 0 Å². The third-order valence-electron chi connectivity index (χ3n) is 2.03. The van der Waals surface area contributed by atoms with Crippen molar-refractivity contribution in [2.75, 3.05) is 11.9 Å². The van der Waals surface area contributed by atoms with Gasteiger partial charge in [0.05, 0.1) is 17.6 Å². The minimum Gasteiger partial charge on any atom is -0.392 e. The minimum absolute atomic E-state index is 0.0714. The molecule has 0 aliphatic rings. The van der Waals surface area contributed by atoms with E-state index >= 15 is 0 Å². The van der Waals surface area contributed by atoms with E-state index in [4.69, 9.17) is 10.2 Å². The Kier molecular flexibility index (Phi) is 4.21. The first kappa shape index (κ1) is 12.4. The summed E-state index contributed by atoms with van der Waals surface area (Å²) in [7, 11) is 0. The van der Waals surface area contributed by atoms with Gasteiger partial charge in [0.15, 0.2) is 0 Å². The van der Waals surface area contributed by atoms with Crippen LogP contribution in [0, 0.1) is 10.1 Å². The number of rotatable bonds is 5. The Bertz CT molecular complexity index is 379. The van der Waals surface area contributed by atoms with Crippen LogP contribution in [0.5, 0.6) is 0 Å². The lowest BCUT2D eigenvalue weighted by atomic mass is 10.2. The molecule has 16 heavy (non-hydrogen) atoms. The van der Waals surface area contributed by atoms with Crippen LogP contribution in [0.15, 0.2) is 18.2 Å². The summed E-state index contributed by atoms with van der Waals surface area (Å²) < 4.78 is 0. The average Bonchev–Trinajstić information content (AvgIpc) is 2.25. The van der Waals surface area contributed by atoms with E-state index in [1.54, 1.807) is 6.92 Å². The van der Waals surface area contributed by atoms with Crippen molar-refractivity contribution in [1.82, 2.24) is 0 Å². The lowest BCUT2D eigenvalue weighted by Gasteiger charge is -2.09. The Morgan fingerprint density at radius 3 is 2.75 bits per heavy atom. The minimum atomic E-state index is -0.600. The van der Waals surface area contributed by atoms with Crippen LogP contribution < -0.4 is 5.32 Å². The standard InChI is InChI=1S/C10H14N2O4/c1-7(14)5-11-9-4-8(6-13)2-3-10(9)12(15)16/h2-4,7,11,13-14H,5-6H2,1H3/t7-/m1/s1. The quantitative estimate of drug-likeness (QED) is 0.511. The Morgan fingerprint density at radius 2 is 2.25 bits per heavy atom. The lowest BCUT2D eigenvalue weighted by Crippen LogP contribution is -2.16. The van der Waals surface area contributed by atoms with Gasteiger partial charge >= 0.3 is 0 Å². The molecule has 1 atom stereocenters. The summed E-state index contributed by atoms with van der Waals surface area (Å²) in [6, 6.07) is 4.32. The SMILES string of the molecule is C[C@@H](O)CNc1cc(CO)ccc1[N+](=O)[O-]. The molecular weight excluding hydrogens is 212 g/mol. The van der Waals surface area contributed by atoms with Gasteiger partial charge in [0.25, 0.3) is 5.69 Å². The van der Waals surface area contributed by atoms with Gasteiger partial charge in [0.2, 0.25) is 0 Å². The first-order chi connectivity index (χ1) is 7.54. The molecule has 1 rings (SSSR count). The predicted octanol–water partition coefficient (Wildman–Crippen LogP) is 0.880. The van der Waals surface area contributed by atoms with Crippen molar-refractivity contribution in [3.63, 3.8) is 0 Å². The zero-order valence-electron chi connectivity index (χ0n) is 8.88. The van der Waals surface area contributed by atoms with Gasteiger partial charge in [0, 0.05) is 12.6 Å². The number of hydrogen-bond donors (Lipinski definition) is 3. The lowest BCUT2D eigenvalue weighted by molar-refractivity contribution is -0.384. The molecular formula is C10H14N2O4. The molecule has 0 aliphatic heterocycles. The van der Waals surface area contributed by atoms with Gasteiger partial charge in [-0.05, 0) is 24.6 Å². The zero-order chi connectivity index (χ0) is 12.1. The fraction of sp³-hybridized carbons (Fsp3) is 0.400. The Balaban J connectivity index is 2.96. The van der Waals surface area contributed by atoms with Crippen molar-refractivity contribution in [1.29, 1.82) is 0 Å². The fourth-order valence-corrected chi connectivity index (χ4v) is 1.24. The van der Waals surface area contributed by atoms with E-state index < -0.39 is 11.0 Å². The number of aliphatic hydroxyl groups excluding tert-OH is 2. The second kappa shape index (κ2) is 5.43. The summed E-state index contributed by atoms with van der Waals surface area (Å²) in [6.45, 7) is 1.62. The smallest absolute Gasteiger partial charge is 0.292 e. The normalized spacial score (nSPS) is 12.2. The van der Waals surface area contributed by atoms with Crippen molar-refractivity contribution in [2.24, 2.45) is 0 Å². The van der Waals surface area contributed by atoms with Crippen molar-refractivity contribution in [3.8, 4) is 0 Å². The maximum atomic E-state index is 10.7. The van der Waals surface area contributed by atoms with E-state index in [-0.39, 0.29) is 18.8 Å². The third kappa shape index (κ3) is 3.18. The Morgan fingerprint density at radius 1 is 1.56 bits per heavy atom. The fourth-order valence-electron chi connectivity index (χ4n) is 1.24. The molecule has 3 N–H and O–H groups in total. The van der Waals surface area contributed by atoms with E-state index in [2.05, 4.69) is 5.32 Å². The highest BCUT2D eigenvalue weighted by molar-refractivity contribution is 5.62. The summed E-state index contributed by atoms with van der Waals surface area (Å²) >= 11 is 0. The molecule has 0 unspecified atom stereocenters.